The summed E-state index contributed by atoms with van der Waals surface area (Å²) in [5.74, 6) is 0. The van der Waals surface area contributed by atoms with Crippen molar-refractivity contribution in [3.05, 3.63) is 55.2 Å². The Kier molecular flexibility index (Phi) is 5.41. The van der Waals surface area contributed by atoms with E-state index in [0.29, 0.717) is 9.90 Å². The third-order valence-corrected chi connectivity index (χ3v) is 6.63. The average Bonchev–Trinajstić information content (AvgIpc) is 2.89. The molecule has 2 aromatic rings. The van der Waals surface area contributed by atoms with Gasteiger partial charge in [0.1, 0.15) is 0 Å². The number of nitro groups is 1. The van der Waals surface area contributed by atoms with Crippen LogP contribution in [0.2, 0.25) is 4.34 Å². The van der Waals surface area contributed by atoms with E-state index in [0.717, 1.165) is 4.88 Å². The van der Waals surface area contributed by atoms with Crippen LogP contribution >= 0.6 is 22.9 Å². The predicted octanol–water partition coefficient (Wildman–Crippen LogP) is 3.83. The molecular weight excluding hydrogens is 360 g/mol. The van der Waals surface area contributed by atoms with Crippen LogP contribution in [-0.2, 0) is 16.6 Å². The quantitative estimate of drug-likeness (QED) is 0.568. The number of nitro benzene ring substituents is 1. The van der Waals surface area contributed by atoms with Gasteiger partial charge < -0.3 is 0 Å². The molecule has 0 saturated carbocycles. The van der Waals surface area contributed by atoms with E-state index in [1.165, 1.54) is 27.8 Å². The van der Waals surface area contributed by atoms with Crippen molar-refractivity contribution in [1.29, 1.82) is 0 Å². The Morgan fingerprint density at radius 2 is 2.00 bits per heavy atom. The van der Waals surface area contributed by atoms with E-state index >= 15 is 0 Å². The molecule has 23 heavy (non-hydrogen) atoms. The first-order valence-electron chi connectivity index (χ1n) is 6.75. The predicted molar refractivity (Wildman–Crippen MR) is 90.4 cm³/mol. The molecule has 6 nitrogen and oxygen atoms in total. The fraction of sp³-hybridized carbons (Fsp3) is 0.286. The van der Waals surface area contributed by atoms with Crippen LogP contribution in [0.25, 0.3) is 0 Å². The van der Waals surface area contributed by atoms with Crippen molar-refractivity contribution < 1.29 is 13.3 Å². The van der Waals surface area contributed by atoms with Crippen LogP contribution in [0.5, 0.6) is 0 Å². The fourth-order valence-electron chi connectivity index (χ4n) is 2.22. The van der Waals surface area contributed by atoms with Crippen LogP contribution in [0, 0.1) is 17.0 Å². The highest BCUT2D eigenvalue weighted by molar-refractivity contribution is 7.89. The Morgan fingerprint density at radius 3 is 2.52 bits per heavy atom. The Balaban J connectivity index is 2.49. The average molecular weight is 375 g/mol. The summed E-state index contributed by atoms with van der Waals surface area (Å²) in [6, 6.07) is 7.67. The molecule has 2 rings (SSSR count). The van der Waals surface area contributed by atoms with Gasteiger partial charge in [0.25, 0.3) is 5.69 Å². The van der Waals surface area contributed by atoms with E-state index < -0.39 is 20.6 Å². The van der Waals surface area contributed by atoms with Gasteiger partial charge in [-0.1, -0.05) is 30.7 Å². The van der Waals surface area contributed by atoms with Crippen molar-refractivity contribution in [2.45, 2.75) is 25.3 Å². The van der Waals surface area contributed by atoms with Crippen molar-refractivity contribution in [2.24, 2.45) is 0 Å². The molecule has 0 saturated heterocycles. The number of nitrogens with zero attached hydrogens (tertiary/aromatic N) is 2. The number of rotatable bonds is 6. The summed E-state index contributed by atoms with van der Waals surface area (Å²) in [5.41, 5.74) is -0.0606. The molecule has 0 atom stereocenters. The van der Waals surface area contributed by atoms with E-state index in [1.807, 2.05) is 0 Å². The van der Waals surface area contributed by atoms with Gasteiger partial charge in [-0.15, -0.1) is 11.3 Å². The molecule has 0 amide bonds. The number of benzene rings is 1. The smallest absolute Gasteiger partial charge is 0.258 e. The van der Waals surface area contributed by atoms with E-state index in [2.05, 4.69) is 0 Å². The number of thiophene rings is 1. The number of hydrogen-bond donors (Lipinski definition) is 0. The molecule has 0 fully saturated rings. The van der Waals surface area contributed by atoms with E-state index in [4.69, 9.17) is 11.6 Å². The fourth-order valence-corrected chi connectivity index (χ4v) is 5.20. The summed E-state index contributed by atoms with van der Waals surface area (Å²) in [5, 5.41) is 11.2. The third-order valence-electron chi connectivity index (χ3n) is 3.30. The zero-order valence-electron chi connectivity index (χ0n) is 12.5. The minimum Gasteiger partial charge on any atom is -0.258 e. The van der Waals surface area contributed by atoms with Gasteiger partial charge in [0.05, 0.1) is 9.26 Å². The van der Waals surface area contributed by atoms with Crippen molar-refractivity contribution in [2.75, 3.05) is 6.54 Å². The third kappa shape index (κ3) is 3.72. The van der Waals surface area contributed by atoms with Gasteiger partial charge in [0.15, 0.2) is 4.90 Å². The number of aryl methyl sites for hydroxylation is 1. The van der Waals surface area contributed by atoms with Gasteiger partial charge in [-0.25, -0.2) is 8.42 Å². The lowest BCUT2D eigenvalue weighted by atomic mass is 10.2. The summed E-state index contributed by atoms with van der Waals surface area (Å²) in [7, 11) is -3.99. The topological polar surface area (TPSA) is 80.5 Å². The minimum atomic E-state index is -3.99. The lowest BCUT2D eigenvalue weighted by Crippen LogP contribution is -2.31. The Labute approximate surface area is 143 Å². The summed E-state index contributed by atoms with van der Waals surface area (Å²) in [6.45, 7) is 3.57. The Morgan fingerprint density at radius 1 is 1.30 bits per heavy atom. The van der Waals surface area contributed by atoms with E-state index in [1.54, 1.807) is 32.0 Å². The van der Waals surface area contributed by atoms with Crippen LogP contribution in [0.15, 0.2) is 35.2 Å². The molecule has 0 spiro atoms. The first kappa shape index (κ1) is 17.9. The molecule has 1 heterocycles. The van der Waals surface area contributed by atoms with E-state index in [-0.39, 0.29) is 18.0 Å². The zero-order valence-corrected chi connectivity index (χ0v) is 14.9. The number of halogens is 1. The maximum Gasteiger partial charge on any atom is 0.289 e. The van der Waals surface area contributed by atoms with Gasteiger partial charge in [-0.05, 0) is 24.6 Å². The Hall–Kier alpha value is -1.48. The number of sulfonamides is 1. The molecule has 1 aromatic heterocycles. The molecule has 1 aromatic carbocycles. The maximum atomic E-state index is 12.9. The summed E-state index contributed by atoms with van der Waals surface area (Å²) in [6.07, 6.45) is 0. The molecule has 0 unspecified atom stereocenters. The second-order valence-electron chi connectivity index (χ2n) is 4.82. The highest BCUT2D eigenvalue weighted by Gasteiger charge is 2.32. The van der Waals surface area contributed by atoms with Crippen molar-refractivity contribution in [3.8, 4) is 0 Å². The van der Waals surface area contributed by atoms with Crippen molar-refractivity contribution in [1.82, 2.24) is 4.31 Å². The SMILES string of the molecule is CCN(Cc1ccc(Cl)s1)S(=O)(=O)c1c(C)cccc1[N+](=O)[O-]. The van der Waals surface area contributed by atoms with Crippen molar-refractivity contribution in [3.63, 3.8) is 0 Å². The lowest BCUT2D eigenvalue weighted by molar-refractivity contribution is -0.387. The van der Waals surface area contributed by atoms with Crippen LogP contribution in [-0.4, -0.2) is 24.2 Å². The van der Waals surface area contributed by atoms with Crippen LogP contribution < -0.4 is 0 Å². The normalized spacial score (nSPS) is 11.8. The minimum absolute atomic E-state index is 0.127. The summed E-state index contributed by atoms with van der Waals surface area (Å²) >= 11 is 7.15. The number of hydrogen-bond acceptors (Lipinski definition) is 5. The van der Waals surface area contributed by atoms with E-state index in [9.17, 15) is 18.5 Å². The lowest BCUT2D eigenvalue weighted by Gasteiger charge is -2.20. The van der Waals surface area contributed by atoms with Crippen LogP contribution in [0.3, 0.4) is 0 Å². The van der Waals surface area contributed by atoms with Gasteiger partial charge in [-0.3, -0.25) is 10.1 Å². The molecule has 0 aliphatic heterocycles. The molecule has 0 bridgehead atoms. The summed E-state index contributed by atoms with van der Waals surface area (Å²) < 4.78 is 27.6. The molecule has 0 N–H and O–H groups in total. The van der Waals surface area contributed by atoms with Gasteiger partial charge in [-0.2, -0.15) is 4.31 Å². The molecule has 124 valence electrons. The largest absolute Gasteiger partial charge is 0.289 e. The second-order valence-corrected chi connectivity index (χ2v) is 8.49. The highest BCUT2D eigenvalue weighted by Crippen LogP contribution is 2.31. The molecule has 0 aliphatic carbocycles. The standard InChI is InChI=1S/C14H15ClN2O4S2/c1-3-16(9-11-7-8-13(15)22-11)23(20,21)14-10(2)5-4-6-12(14)17(18)19/h4-8H,3,9H2,1-2H3. The molecule has 9 heteroatoms. The Bertz CT molecular complexity index is 833. The molecule has 0 radical (unpaired) electrons. The highest BCUT2D eigenvalue weighted by atomic mass is 35.5. The van der Waals surface area contributed by atoms with Crippen LogP contribution in [0.4, 0.5) is 5.69 Å². The van der Waals surface area contributed by atoms with Gasteiger partial charge >= 0.3 is 0 Å². The molecular formula is C14H15ClN2O4S2. The van der Waals surface area contributed by atoms with Crippen molar-refractivity contribution >= 4 is 38.6 Å². The first-order valence-corrected chi connectivity index (χ1v) is 9.39. The monoisotopic (exact) mass is 374 g/mol. The first-order chi connectivity index (χ1) is 10.8. The second kappa shape index (κ2) is 6.96. The van der Waals surface area contributed by atoms with Crippen LogP contribution in [0.1, 0.15) is 17.4 Å². The zero-order chi connectivity index (χ0) is 17.2. The van der Waals surface area contributed by atoms with Gasteiger partial charge in [0.2, 0.25) is 10.0 Å². The maximum absolute atomic E-state index is 12.9. The molecule has 0 aliphatic rings. The summed E-state index contributed by atoms with van der Waals surface area (Å²) in [4.78, 5) is 11.0. The van der Waals surface area contributed by atoms with Gasteiger partial charge in [0, 0.05) is 24.0 Å².